The zero-order valence-corrected chi connectivity index (χ0v) is 53.5. The van der Waals surface area contributed by atoms with Crippen LogP contribution in [0.1, 0.15) is 303 Å². The fraction of sp³-hybridized carbons (Fsp3) is 0.786. The minimum Gasteiger partial charge on any atom is -0.387 e. The van der Waals surface area contributed by atoms with Crippen molar-refractivity contribution in [1.82, 2.24) is 5.32 Å². The van der Waals surface area contributed by atoms with Gasteiger partial charge in [-0.15, -0.1) is 0 Å². The zero-order chi connectivity index (χ0) is 57.7. The van der Waals surface area contributed by atoms with E-state index in [1.807, 2.05) is 27.2 Å². The number of allylic oxidation sites excluding steroid dienone is 13. The Bertz CT molecular complexity index is 1560. The number of phosphoric acid groups is 1. The number of rotatable bonds is 61. The van der Waals surface area contributed by atoms with Crippen LogP contribution >= 0.6 is 7.82 Å². The highest BCUT2D eigenvalue weighted by atomic mass is 31.2. The molecule has 0 heterocycles. The number of carbonyl (C=O) groups excluding carboxylic acids is 1. The number of likely N-dealkylation sites (N-methyl/N-ethyl adjacent to an activating group) is 1. The van der Waals surface area contributed by atoms with Gasteiger partial charge in [0.25, 0.3) is 0 Å². The van der Waals surface area contributed by atoms with Crippen LogP contribution in [0.2, 0.25) is 0 Å². The molecule has 0 rings (SSSR count). The van der Waals surface area contributed by atoms with Gasteiger partial charge < -0.3 is 19.8 Å². The molecule has 0 fully saturated rings. The third-order valence-electron chi connectivity index (χ3n) is 14.8. The van der Waals surface area contributed by atoms with E-state index in [9.17, 15) is 19.4 Å². The number of nitrogens with one attached hydrogen (secondary N) is 1. The van der Waals surface area contributed by atoms with Gasteiger partial charge in [-0.1, -0.05) is 304 Å². The first-order valence-electron chi connectivity index (χ1n) is 33.5. The second-order valence-electron chi connectivity index (χ2n) is 23.8. The van der Waals surface area contributed by atoms with E-state index in [2.05, 4.69) is 92.1 Å². The van der Waals surface area contributed by atoms with Crippen molar-refractivity contribution >= 4 is 13.7 Å². The zero-order valence-electron chi connectivity index (χ0n) is 52.6. The Morgan fingerprint density at radius 3 is 1.16 bits per heavy atom. The van der Waals surface area contributed by atoms with Crippen LogP contribution in [0.3, 0.4) is 0 Å². The fourth-order valence-electron chi connectivity index (χ4n) is 9.68. The number of hydrogen-bond donors (Lipinski definition) is 3. The lowest BCUT2D eigenvalue weighted by molar-refractivity contribution is -0.870. The molecular weight excluding hydrogens is 996 g/mol. The van der Waals surface area contributed by atoms with E-state index in [0.29, 0.717) is 17.4 Å². The molecular formula is C70H130N2O6P+. The van der Waals surface area contributed by atoms with Gasteiger partial charge in [0, 0.05) is 6.42 Å². The molecule has 79 heavy (non-hydrogen) atoms. The van der Waals surface area contributed by atoms with Crippen molar-refractivity contribution in [2.24, 2.45) is 0 Å². The Hall–Kier alpha value is -2.32. The lowest BCUT2D eigenvalue weighted by Gasteiger charge is -2.25. The quantitative estimate of drug-likeness (QED) is 0.0243. The predicted molar refractivity (Wildman–Crippen MR) is 346 cm³/mol. The summed E-state index contributed by atoms with van der Waals surface area (Å²) < 4.78 is 23.8. The summed E-state index contributed by atoms with van der Waals surface area (Å²) in [5.41, 5.74) is 0. The molecule has 0 spiro atoms. The fourth-order valence-corrected chi connectivity index (χ4v) is 10.4. The van der Waals surface area contributed by atoms with Gasteiger partial charge in [0.05, 0.1) is 39.9 Å². The first-order chi connectivity index (χ1) is 38.5. The van der Waals surface area contributed by atoms with Gasteiger partial charge in [-0.05, 0) is 77.0 Å². The van der Waals surface area contributed by atoms with Crippen molar-refractivity contribution in [2.45, 2.75) is 315 Å². The molecule has 0 saturated carbocycles. The maximum Gasteiger partial charge on any atom is 0.472 e. The normalized spacial score (nSPS) is 14.3. The molecule has 3 N–H and O–H groups in total. The second kappa shape index (κ2) is 60.3. The summed E-state index contributed by atoms with van der Waals surface area (Å²) >= 11 is 0. The number of amides is 1. The summed E-state index contributed by atoms with van der Waals surface area (Å²) in [6.07, 6.45) is 85.8. The molecule has 0 aliphatic carbocycles. The number of nitrogens with zero attached hydrogens (tertiary/aromatic N) is 1. The molecule has 9 heteroatoms. The molecule has 3 unspecified atom stereocenters. The molecule has 8 nitrogen and oxygen atoms in total. The van der Waals surface area contributed by atoms with Crippen LogP contribution in [-0.4, -0.2) is 73.4 Å². The molecule has 3 atom stereocenters. The van der Waals surface area contributed by atoms with Crippen LogP contribution in [0.15, 0.2) is 85.1 Å². The number of hydrogen-bond acceptors (Lipinski definition) is 5. The molecule has 0 aromatic heterocycles. The summed E-state index contributed by atoms with van der Waals surface area (Å²) in [7, 11) is 1.55. The Morgan fingerprint density at radius 1 is 0.443 bits per heavy atom. The number of phosphoric ester groups is 1. The summed E-state index contributed by atoms with van der Waals surface area (Å²) in [5.74, 6) is -0.190. The molecule has 0 aliphatic heterocycles. The Kier molecular flexibility index (Phi) is 58.5. The Morgan fingerprint density at radius 2 is 0.772 bits per heavy atom. The maximum atomic E-state index is 13.0. The first-order valence-corrected chi connectivity index (χ1v) is 35.0. The number of aliphatic hydroxyl groups is 1. The highest BCUT2D eigenvalue weighted by molar-refractivity contribution is 7.47. The Balaban J connectivity index is 4.16. The van der Waals surface area contributed by atoms with E-state index >= 15 is 0 Å². The third kappa shape index (κ3) is 63.1. The molecule has 0 aromatic carbocycles. The average Bonchev–Trinajstić information content (AvgIpc) is 3.42. The topological polar surface area (TPSA) is 105 Å². The van der Waals surface area contributed by atoms with Gasteiger partial charge in [-0.25, -0.2) is 4.57 Å². The summed E-state index contributed by atoms with van der Waals surface area (Å²) in [6, 6.07) is -0.872. The summed E-state index contributed by atoms with van der Waals surface area (Å²) in [5, 5.41) is 14.0. The van der Waals surface area contributed by atoms with E-state index in [1.165, 1.54) is 212 Å². The number of carbonyl (C=O) groups is 1. The van der Waals surface area contributed by atoms with Crippen molar-refractivity contribution < 1.29 is 32.9 Å². The van der Waals surface area contributed by atoms with Crippen LogP contribution in [0, 0.1) is 0 Å². The van der Waals surface area contributed by atoms with Crippen LogP contribution in [0.25, 0.3) is 0 Å². The standard InChI is InChI=1S/C70H129N2O6P/c1-6-8-10-12-14-16-18-20-22-24-26-28-30-32-34-35-36-38-39-41-43-45-47-49-51-53-55-57-59-61-63-69(73)68(67-78-79(75,76)77-66-65-72(3,4)5)71-70(74)64-62-60-58-56-54-52-50-48-46-44-42-40-37-33-31-29-27-25-23-21-19-17-15-13-11-9-7-2/h9,11,15,17,21,23,27,29,33,37,53,55,61,63,68-69,73H,6-8,10,12-14,16,18-20,22,24-26,28,30-32,34-36,38-52,54,56-60,62,64-67H2,1-5H3,(H-,71,74,75,76)/p+1/b11-9-,17-15-,23-21-,29-27-,37-33-,55-53+,63-61+. The van der Waals surface area contributed by atoms with Crippen molar-refractivity contribution in [1.29, 1.82) is 0 Å². The van der Waals surface area contributed by atoms with Gasteiger partial charge in [0.2, 0.25) is 5.91 Å². The van der Waals surface area contributed by atoms with E-state index in [4.69, 9.17) is 9.05 Å². The van der Waals surface area contributed by atoms with Gasteiger partial charge in [0.15, 0.2) is 0 Å². The van der Waals surface area contributed by atoms with Gasteiger partial charge in [-0.2, -0.15) is 0 Å². The van der Waals surface area contributed by atoms with Gasteiger partial charge in [-0.3, -0.25) is 13.8 Å². The third-order valence-corrected chi connectivity index (χ3v) is 15.8. The monoisotopic (exact) mass is 1130 g/mol. The van der Waals surface area contributed by atoms with Gasteiger partial charge in [0.1, 0.15) is 13.2 Å². The average molecular weight is 1130 g/mol. The SMILES string of the molecule is CC/C=C\C/C=C\C/C=C\C/C=C\C/C=C\CCCCCCCCCCCCCC(=O)NC(COP(=O)(O)OCC[N+](C)(C)C)C(O)/C=C/CC/C=C/CCCCCCCCCCCCCCCCCCCCCCCCCC. The molecule has 0 aromatic rings. The van der Waals surface area contributed by atoms with Crippen molar-refractivity contribution in [3.8, 4) is 0 Å². The number of unbranched alkanes of at least 4 members (excludes halogenated alkanes) is 36. The van der Waals surface area contributed by atoms with E-state index in [-0.39, 0.29) is 19.1 Å². The second-order valence-corrected chi connectivity index (χ2v) is 25.3. The first kappa shape index (κ1) is 76.7. The van der Waals surface area contributed by atoms with Crippen molar-refractivity contribution in [3.05, 3.63) is 85.1 Å². The van der Waals surface area contributed by atoms with Crippen molar-refractivity contribution in [2.75, 3.05) is 40.9 Å². The van der Waals surface area contributed by atoms with Crippen LogP contribution in [0.4, 0.5) is 0 Å². The lowest BCUT2D eigenvalue weighted by Crippen LogP contribution is -2.45. The lowest BCUT2D eigenvalue weighted by atomic mass is 10.0. The van der Waals surface area contributed by atoms with Crippen LogP contribution in [0.5, 0.6) is 0 Å². The highest BCUT2D eigenvalue weighted by Gasteiger charge is 2.28. The molecule has 460 valence electrons. The largest absolute Gasteiger partial charge is 0.472 e. The Labute approximate surface area is 490 Å². The molecule has 0 radical (unpaired) electrons. The van der Waals surface area contributed by atoms with E-state index in [1.54, 1.807) is 6.08 Å². The summed E-state index contributed by atoms with van der Waals surface area (Å²) in [6.45, 7) is 4.71. The molecule has 1 amide bonds. The van der Waals surface area contributed by atoms with E-state index < -0.39 is 20.0 Å². The van der Waals surface area contributed by atoms with Crippen LogP contribution in [-0.2, 0) is 18.4 Å². The number of aliphatic hydroxyl groups excluding tert-OH is 1. The minimum atomic E-state index is -4.37. The molecule has 0 saturated heterocycles. The van der Waals surface area contributed by atoms with E-state index in [0.717, 1.165) is 70.6 Å². The highest BCUT2D eigenvalue weighted by Crippen LogP contribution is 2.43. The summed E-state index contributed by atoms with van der Waals surface area (Å²) in [4.78, 5) is 23.4. The van der Waals surface area contributed by atoms with Crippen LogP contribution < -0.4 is 5.32 Å². The molecule has 0 aliphatic rings. The molecule has 0 bridgehead atoms. The smallest absolute Gasteiger partial charge is 0.387 e. The minimum absolute atomic E-state index is 0.0525. The number of quaternary nitrogens is 1. The van der Waals surface area contributed by atoms with Crippen molar-refractivity contribution in [3.63, 3.8) is 0 Å². The van der Waals surface area contributed by atoms with Gasteiger partial charge >= 0.3 is 7.82 Å². The predicted octanol–water partition coefficient (Wildman–Crippen LogP) is 21.2. The maximum absolute atomic E-state index is 13.0.